The van der Waals surface area contributed by atoms with Crippen LogP contribution < -0.4 is 0 Å². The van der Waals surface area contributed by atoms with Gasteiger partial charge in [0, 0.05) is 24.3 Å². The summed E-state index contributed by atoms with van der Waals surface area (Å²) >= 11 is 0. The third kappa shape index (κ3) is 12.4. The van der Waals surface area contributed by atoms with Crippen LogP contribution in [0.4, 0.5) is 0 Å². The fourth-order valence-corrected chi connectivity index (χ4v) is 1.24. The van der Waals surface area contributed by atoms with Gasteiger partial charge in [-0.2, -0.15) is 0 Å². The van der Waals surface area contributed by atoms with Crippen molar-refractivity contribution in [1.29, 1.82) is 0 Å². The first-order valence-corrected chi connectivity index (χ1v) is 6.46. The Labute approximate surface area is 127 Å². The summed E-state index contributed by atoms with van der Waals surface area (Å²) in [6, 6.07) is 0. The van der Waals surface area contributed by atoms with E-state index in [0.717, 1.165) is 12.2 Å². The second-order valence-corrected chi connectivity index (χ2v) is 4.36. The summed E-state index contributed by atoms with van der Waals surface area (Å²) in [5.41, 5.74) is 0. The van der Waals surface area contributed by atoms with Gasteiger partial charge >= 0.3 is 23.9 Å². The van der Waals surface area contributed by atoms with E-state index in [4.69, 9.17) is 19.7 Å². The number of carbonyl (C=O) groups is 4. The molecule has 2 N–H and O–H groups in total. The zero-order chi connectivity index (χ0) is 17.0. The lowest BCUT2D eigenvalue weighted by Crippen LogP contribution is -2.10. The Balaban J connectivity index is 3.76. The zero-order valence-corrected chi connectivity index (χ0v) is 12.1. The Hall–Kier alpha value is -2.64. The summed E-state index contributed by atoms with van der Waals surface area (Å²) < 4.78 is 9.56. The van der Waals surface area contributed by atoms with E-state index in [-0.39, 0.29) is 19.1 Å². The van der Waals surface area contributed by atoms with Crippen LogP contribution in [-0.4, -0.2) is 47.3 Å². The van der Waals surface area contributed by atoms with Crippen molar-refractivity contribution < 1.29 is 38.9 Å². The SMILES string of the molecule is CC(CCOC(=O)/C=C\C(=O)O)CCOC(=O)/C=C\C(=O)O. The van der Waals surface area contributed by atoms with Crippen molar-refractivity contribution in [3.63, 3.8) is 0 Å². The average Bonchev–Trinajstić information content (AvgIpc) is 2.43. The Bertz CT molecular complexity index is 421. The van der Waals surface area contributed by atoms with Crippen LogP contribution in [0.15, 0.2) is 24.3 Å². The third-order valence-corrected chi connectivity index (χ3v) is 2.43. The number of aliphatic carboxylic acids is 2. The van der Waals surface area contributed by atoms with Crippen LogP contribution in [0, 0.1) is 5.92 Å². The smallest absolute Gasteiger partial charge is 0.331 e. The summed E-state index contributed by atoms with van der Waals surface area (Å²) in [4.78, 5) is 42.5. The molecule has 22 heavy (non-hydrogen) atoms. The van der Waals surface area contributed by atoms with E-state index >= 15 is 0 Å². The maximum Gasteiger partial charge on any atom is 0.331 e. The molecule has 8 nitrogen and oxygen atoms in total. The fourth-order valence-electron chi connectivity index (χ4n) is 1.24. The molecule has 0 rings (SSSR count). The van der Waals surface area contributed by atoms with Gasteiger partial charge in [-0.05, 0) is 18.8 Å². The molecule has 8 heteroatoms. The first-order chi connectivity index (χ1) is 10.3. The van der Waals surface area contributed by atoms with Crippen LogP contribution >= 0.6 is 0 Å². The van der Waals surface area contributed by atoms with E-state index in [1.54, 1.807) is 0 Å². The second-order valence-electron chi connectivity index (χ2n) is 4.36. The molecule has 0 aliphatic rings. The highest BCUT2D eigenvalue weighted by Crippen LogP contribution is 2.08. The molecule has 0 saturated carbocycles. The van der Waals surface area contributed by atoms with Gasteiger partial charge in [0.2, 0.25) is 0 Å². The summed E-state index contributed by atoms with van der Waals surface area (Å²) in [5.74, 6) is -3.83. The van der Waals surface area contributed by atoms with Gasteiger partial charge in [-0.1, -0.05) is 6.92 Å². The third-order valence-electron chi connectivity index (χ3n) is 2.43. The molecule has 0 saturated heterocycles. The van der Waals surface area contributed by atoms with Crippen LogP contribution in [0.2, 0.25) is 0 Å². The van der Waals surface area contributed by atoms with Crippen molar-refractivity contribution in [3.05, 3.63) is 24.3 Å². The molecule has 0 unspecified atom stereocenters. The van der Waals surface area contributed by atoms with Crippen LogP contribution in [-0.2, 0) is 28.7 Å². The standard InChI is InChI=1S/C14H18O8/c1-10(6-8-21-13(19)4-2-11(15)16)7-9-22-14(20)5-3-12(17)18/h2-5,10H,6-9H2,1H3,(H,15,16)(H,17,18)/b4-2-,5-3-. The molecule has 0 spiro atoms. The van der Waals surface area contributed by atoms with Crippen molar-refractivity contribution in [1.82, 2.24) is 0 Å². The summed E-state index contributed by atoms with van der Waals surface area (Å²) in [6.45, 7) is 2.11. The van der Waals surface area contributed by atoms with Crippen LogP contribution in [0.1, 0.15) is 19.8 Å². The molecule has 0 bridgehead atoms. The lowest BCUT2D eigenvalue weighted by Gasteiger charge is -2.10. The molecular formula is C14H18O8. The number of carbonyl (C=O) groups excluding carboxylic acids is 2. The highest BCUT2D eigenvalue weighted by molar-refractivity contribution is 5.91. The Morgan fingerprint density at radius 1 is 0.818 bits per heavy atom. The number of carboxylic acid groups (broad SMARTS) is 2. The first kappa shape index (κ1) is 19.4. The van der Waals surface area contributed by atoms with Gasteiger partial charge in [0.15, 0.2) is 0 Å². The average molecular weight is 314 g/mol. The quantitative estimate of drug-likeness (QED) is 0.447. The van der Waals surface area contributed by atoms with Gasteiger partial charge < -0.3 is 19.7 Å². The summed E-state index contributed by atoms with van der Waals surface area (Å²) in [7, 11) is 0. The molecule has 0 amide bonds. The maximum absolute atomic E-state index is 11.1. The zero-order valence-electron chi connectivity index (χ0n) is 12.1. The molecule has 0 fully saturated rings. The number of hydrogen-bond donors (Lipinski definition) is 2. The van der Waals surface area contributed by atoms with Crippen molar-refractivity contribution in [2.45, 2.75) is 19.8 Å². The summed E-state index contributed by atoms with van der Waals surface area (Å²) in [5, 5.41) is 16.6. The topological polar surface area (TPSA) is 127 Å². The van der Waals surface area contributed by atoms with Crippen molar-refractivity contribution in [2.24, 2.45) is 5.92 Å². The second kappa shape index (κ2) is 11.1. The van der Waals surface area contributed by atoms with Crippen LogP contribution in [0.3, 0.4) is 0 Å². The van der Waals surface area contributed by atoms with E-state index in [1.165, 1.54) is 0 Å². The lowest BCUT2D eigenvalue weighted by atomic mass is 10.1. The van der Waals surface area contributed by atoms with Crippen LogP contribution in [0.5, 0.6) is 0 Å². The number of ether oxygens (including phenoxy) is 2. The Morgan fingerprint density at radius 2 is 1.18 bits per heavy atom. The van der Waals surface area contributed by atoms with Crippen molar-refractivity contribution in [2.75, 3.05) is 13.2 Å². The normalized spacial score (nSPS) is 11.0. The van der Waals surface area contributed by atoms with Gasteiger partial charge in [0.05, 0.1) is 13.2 Å². The lowest BCUT2D eigenvalue weighted by molar-refractivity contribution is -0.139. The summed E-state index contributed by atoms with van der Waals surface area (Å²) in [6.07, 6.45) is 4.07. The van der Waals surface area contributed by atoms with Crippen molar-refractivity contribution in [3.8, 4) is 0 Å². The fraction of sp³-hybridized carbons (Fsp3) is 0.429. The predicted octanol–water partition coefficient (Wildman–Crippen LogP) is 0.771. The molecule has 0 aliphatic heterocycles. The van der Waals surface area contributed by atoms with Gasteiger partial charge in [-0.25, -0.2) is 19.2 Å². The van der Waals surface area contributed by atoms with E-state index in [1.807, 2.05) is 6.92 Å². The number of esters is 2. The van der Waals surface area contributed by atoms with Gasteiger partial charge in [-0.15, -0.1) is 0 Å². The molecule has 122 valence electrons. The minimum absolute atomic E-state index is 0.104. The van der Waals surface area contributed by atoms with E-state index in [0.29, 0.717) is 25.0 Å². The Kier molecular flexibility index (Phi) is 9.74. The van der Waals surface area contributed by atoms with E-state index in [9.17, 15) is 19.2 Å². The monoisotopic (exact) mass is 314 g/mol. The Morgan fingerprint density at radius 3 is 1.50 bits per heavy atom. The largest absolute Gasteiger partial charge is 0.478 e. The number of rotatable bonds is 10. The van der Waals surface area contributed by atoms with Gasteiger partial charge in [-0.3, -0.25) is 0 Å². The van der Waals surface area contributed by atoms with E-state index in [2.05, 4.69) is 0 Å². The maximum atomic E-state index is 11.1. The van der Waals surface area contributed by atoms with Gasteiger partial charge in [0.1, 0.15) is 0 Å². The molecular weight excluding hydrogens is 296 g/mol. The molecule has 0 heterocycles. The highest BCUT2D eigenvalue weighted by atomic mass is 16.5. The molecule has 0 aromatic carbocycles. The predicted molar refractivity (Wildman–Crippen MR) is 73.9 cm³/mol. The molecule has 0 atom stereocenters. The molecule has 0 radical (unpaired) electrons. The highest BCUT2D eigenvalue weighted by Gasteiger charge is 2.06. The number of hydrogen-bond acceptors (Lipinski definition) is 6. The van der Waals surface area contributed by atoms with Crippen LogP contribution in [0.25, 0.3) is 0 Å². The van der Waals surface area contributed by atoms with Crippen molar-refractivity contribution >= 4 is 23.9 Å². The van der Waals surface area contributed by atoms with Gasteiger partial charge in [0.25, 0.3) is 0 Å². The minimum atomic E-state index is -1.23. The number of carboxylic acids is 2. The first-order valence-electron chi connectivity index (χ1n) is 6.46. The molecule has 0 aliphatic carbocycles. The minimum Gasteiger partial charge on any atom is -0.478 e. The molecule has 0 aromatic rings. The van der Waals surface area contributed by atoms with E-state index < -0.39 is 23.9 Å². The molecule has 0 aromatic heterocycles.